The Balaban J connectivity index is 1.03. The average molecular weight is 852 g/mol. The maximum absolute atomic E-state index is 14.4. The summed E-state index contributed by atoms with van der Waals surface area (Å²) in [5, 5.41) is 16.3. The van der Waals surface area contributed by atoms with Crippen LogP contribution in [0, 0.1) is 0 Å². The number of thioether (sulfide) groups is 1. The highest BCUT2D eigenvalue weighted by molar-refractivity contribution is 8.00. The summed E-state index contributed by atoms with van der Waals surface area (Å²) >= 11 is 2.38. The number of amides is 2. The van der Waals surface area contributed by atoms with Crippen LogP contribution in [-0.4, -0.2) is 68.3 Å². The van der Waals surface area contributed by atoms with Gasteiger partial charge in [0.05, 0.1) is 5.56 Å². The van der Waals surface area contributed by atoms with Crippen LogP contribution in [0.3, 0.4) is 0 Å². The predicted octanol–water partition coefficient (Wildman–Crippen LogP) is 6.92. The molecule has 15 heteroatoms. The van der Waals surface area contributed by atoms with Crippen molar-refractivity contribution < 1.29 is 38.6 Å². The van der Waals surface area contributed by atoms with E-state index in [-0.39, 0.29) is 28.9 Å². The van der Waals surface area contributed by atoms with Gasteiger partial charge in [-0.3, -0.25) is 14.5 Å². The van der Waals surface area contributed by atoms with E-state index in [0.29, 0.717) is 16.9 Å². The van der Waals surface area contributed by atoms with Gasteiger partial charge in [0.2, 0.25) is 0 Å². The zero-order valence-corrected chi connectivity index (χ0v) is 33.8. The van der Waals surface area contributed by atoms with Crippen molar-refractivity contribution in [3.8, 4) is 5.75 Å². The molecule has 1 fully saturated rings. The largest absolute Gasteiger partial charge is 0.489 e. The number of fused-ring (bicyclic) bond motifs is 1. The Morgan fingerprint density at radius 1 is 0.770 bits per heavy atom. The number of hydrogen-bond donors (Lipinski definition) is 3. The molecule has 5 aromatic carbocycles. The third-order valence-electron chi connectivity index (χ3n) is 9.97. The number of aromatic nitrogens is 1. The fraction of sp³-hybridized carbons (Fsp3) is 0.130. The maximum Gasteiger partial charge on any atom is 0.356 e. The normalized spacial score (nSPS) is 16.1. The van der Waals surface area contributed by atoms with Gasteiger partial charge >= 0.3 is 11.9 Å². The minimum absolute atomic E-state index is 0.00695. The first kappa shape index (κ1) is 40.5. The van der Waals surface area contributed by atoms with Gasteiger partial charge in [-0.1, -0.05) is 126 Å². The van der Waals surface area contributed by atoms with E-state index in [9.17, 15) is 24.4 Å². The Morgan fingerprint density at radius 2 is 1.28 bits per heavy atom. The Hall–Kier alpha value is -7.23. The number of benzene rings is 5. The third kappa shape index (κ3) is 8.88. The quantitative estimate of drug-likeness (QED) is 0.0340. The van der Waals surface area contributed by atoms with Crippen LogP contribution in [0.4, 0.5) is 5.13 Å². The van der Waals surface area contributed by atoms with Crippen molar-refractivity contribution in [1.82, 2.24) is 15.2 Å². The molecule has 61 heavy (non-hydrogen) atoms. The van der Waals surface area contributed by atoms with E-state index in [1.54, 1.807) is 24.3 Å². The summed E-state index contributed by atoms with van der Waals surface area (Å²) < 4.78 is 18.5. The van der Waals surface area contributed by atoms with Gasteiger partial charge in [-0.25, -0.2) is 14.6 Å². The van der Waals surface area contributed by atoms with Gasteiger partial charge < -0.3 is 30.5 Å². The van der Waals surface area contributed by atoms with E-state index >= 15 is 0 Å². The van der Waals surface area contributed by atoms with Crippen LogP contribution >= 0.6 is 23.1 Å². The zero-order chi connectivity index (χ0) is 42.3. The van der Waals surface area contributed by atoms with Crippen molar-refractivity contribution in [2.24, 2.45) is 5.16 Å². The molecule has 0 spiro atoms. The molecule has 0 radical (unpaired) electrons. The summed E-state index contributed by atoms with van der Waals surface area (Å²) in [7, 11) is 0. The number of thiazole rings is 1. The first-order valence-corrected chi connectivity index (χ1v) is 21.0. The van der Waals surface area contributed by atoms with Crippen LogP contribution in [0.15, 0.2) is 167 Å². The lowest BCUT2D eigenvalue weighted by atomic mass is 10.0. The average Bonchev–Trinajstić information content (AvgIpc) is 3.74. The molecule has 4 N–H and O–H groups in total. The summed E-state index contributed by atoms with van der Waals surface area (Å²) in [6.07, 6.45) is -1.43. The van der Waals surface area contributed by atoms with E-state index in [1.807, 2.05) is 121 Å². The summed E-state index contributed by atoms with van der Waals surface area (Å²) in [5.41, 5.74) is 9.22. The van der Waals surface area contributed by atoms with Gasteiger partial charge in [-0.05, 0) is 46.5 Å². The van der Waals surface area contributed by atoms with Crippen LogP contribution in [0.25, 0.3) is 0 Å². The number of ether oxygens (including phenoxy) is 3. The highest BCUT2D eigenvalue weighted by Gasteiger charge is 2.55. The van der Waals surface area contributed by atoms with Gasteiger partial charge in [0, 0.05) is 16.7 Å². The van der Waals surface area contributed by atoms with Gasteiger partial charge in [-0.15, -0.1) is 23.1 Å². The van der Waals surface area contributed by atoms with Crippen molar-refractivity contribution in [2.45, 2.75) is 23.6 Å². The second-order valence-corrected chi connectivity index (χ2v) is 15.9. The molecule has 1 aromatic heterocycles. The number of nitrogens with one attached hydrogen (secondary N) is 1. The lowest BCUT2D eigenvalue weighted by Gasteiger charge is -2.49. The number of β-lactam (4-membered cyclic amide) rings is 1. The molecule has 2 amide bonds. The molecule has 1 saturated heterocycles. The lowest BCUT2D eigenvalue weighted by molar-refractivity contribution is -0.154. The monoisotopic (exact) mass is 851 g/mol. The SMILES string of the molecule is Nc1nc(/C(=N/O)C(=O)NC2C(=O)N3C(C(=O)OC(c4ccccc4)c4ccccc4)=C(COc4ccc(C(=O)OC(c5ccccc5)c5ccccc5)cc4)CS[C@H]23)cs1. The minimum Gasteiger partial charge on any atom is -0.489 e. The number of anilines is 1. The summed E-state index contributed by atoms with van der Waals surface area (Å²) in [5.74, 6) is -2.07. The van der Waals surface area contributed by atoms with Crippen molar-refractivity contribution >= 4 is 57.7 Å². The molecule has 6 aromatic rings. The van der Waals surface area contributed by atoms with E-state index in [4.69, 9.17) is 19.9 Å². The molecule has 8 rings (SSSR count). The van der Waals surface area contributed by atoms with E-state index in [0.717, 1.165) is 33.6 Å². The standard InChI is InChI=1S/C46H37N5O8S2/c47-46-48-35(27-61-46)36(50-56)41(52)49-37-42(53)51-38(45(55)59-40(30-17-9-3-10-18-30)31-19-11-4-12-20-31)33(26-60-43(37)51)25-57-34-23-21-32(22-24-34)44(54)58-39(28-13-5-1-6-14-28)29-15-7-2-8-16-29/h1-24,27,37,39-40,43,56H,25-26H2,(H2,47,48)(H,49,52)/b50-36-/t37?,43-/m1/s1. The Kier molecular flexibility index (Phi) is 12.2. The van der Waals surface area contributed by atoms with Gasteiger partial charge in [-0.2, -0.15) is 0 Å². The Bertz CT molecular complexity index is 2510. The van der Waals surface area contributed by atoms with Crippen LogP contribution in [0.5, 0.6) is 5.75 Å². The summed E-state index contributed by atoms with van der Waals surface area (Å²) in [6, 6.07) is 42.9. The molecular formula is C46H37N5O8S2. The highest BCUT2D eigenvalue weighted by Crippen LogP contribution is 2.42. The van der Waals surface area contributed by atoms with Crippen molar-refractivity contribution in [2.75, 3.05) is 18.1 Å². The molecule has 0 aliphatic carbocycles. The van der Waals surface area contributed by atoms with Crippen LogP contribution in [-0.2, 0) is 23.9 Å². The molecule has 0 bridgehead atoms. The number of nitrogen functional groups attached to an aromatic ring is 1. The summed E-state index contributed by atoms with van der Waals surface area (Å²) in [4.78, 5) is 60.4. The maximum atomic E-state index is 14.4. The molecule has 3 heterocycles. The topological polar surface area (TPSA) is 183 Å². The Morgan fingerprint density at radius 3 is 1.75 bits per heavy atom. The van der Waals surface area contributed by atoms with E-state index in [2.05, 4.69) is 15.5 Å². The number of oxime groups is 1. The molecule has 2 aliphatic rings. The molecule has 2 aliphatic heterocycles. The fourth-order valence-electron chi connectivity index (χ4n) is 6.97. The number of hydrogen-bond acceptors (Lipinski definition) is 13. The van der Waals surface area contributed by atoms with Gasteiger partial charge in [0.25, 0.3) is 11.8 Å². The van der Waals surface area contributed by atoms with Crippen molar-refractivity contribution in [3.05, 3.63) is 196 Å². The van der Waals surface area contributed by atoms with Crippen LogP contribution < -0.4 is 15.8 Å². The number of esters is 2. The number of rotatable bonds is 14. The number of carbonyl (C=O) groups is 4. The van der Waals surface area contributed by atoms with Crippen molar-refractivity contribution in [1.29, 1.82) is 0 Å². The lowest BCUT2D eigenvalue weighted by Crippen LogP contribution is -2.71. The van der Waals surface area contributed by atoms with Crippen molar-refractivity contribution in [3.63, 3.8) is 0 Å². The molecular weight excluding hydrogens is 815 g/mol. The smallest absolute Gasteiger partial charge is 0.356 e. The number of carbonyl (C=O) groups excluding carboxylic acids is 4. The zero-order valence-electron chi connectivity index (χ0n) is 32.2. The first-order valence-electron chi connectivity index (χ1n) is 19.0. The molecule has 0 saturated carbocycles. The molecule has 13 nitrogen and oxygen atoms in total. The summed E-state index contributed by atoms with van der Waals surface area (Å²) in [6.45, 7) is -0.104. The van der Waals surface area contributed by atoms with Crippen LogP contribution in [0.2, 0.25) is 0 Å². The Labute approximate surface area is 358 Å². The highest BCUT2D eigenvalue weighted by atomic mass is 32.2. The predicted molar refractivity (Wildman–Crippen MR) is 230 cm³/mol. The van der Waals surface area contributed by atoms with E-state index in [1.165, 1.54) is 22.0 Å². The number of nitrogens with two attached hydrogens (primary N) is 1. The minimum atomic E-state index is -1.06. The second kappa shape index (κ2) is 18.4. The molecule has 1 unspecified atom stereocenters. The molecule has 2 atom stereocenters. The fourth-order valence-corrected chi connectivity index (χ4v) is 8.84. The van der Waals surface area contributed by atoms with Gasteiger partial charge in [0.1, 0.15) is 35.2 Å². The second-order valence-electron chi connectivity index (χ2n) is 13.9. The van der Waals surface area contributed by atoms with E-state index < -0.39 is 53.1 Å². The molecule has 306 valence electrons. The third-order valence-corrected chi connectivity index (χ3v) is 12.0. The van der Waals surface area contributed by atoms with Crippen LogP contribution in [0.1, 0.15) is 50.5 Å². The first-order chi connectivity index (χ1) is 29.8. The number of nitrogens with zero attached hydrogens (tertiary/aromatic N) is 3. The van der Waals surface area contributed by atoms with Gasteiger partial charge in [0.15, 0.2) is 23.1 Å².